The number of nitrogens with zero attached hydrogens (tertiary/aromatic N) is 3. The van der Waals surface area contributed by atoms with Crippen LogP contribution in [0.25, 0.3) is 0 Å². The maximum Gasteiger partial charge on any atom is 0.225 e. The standard InChI is InChI=1S/C13H24N4S/c1-4-9-17-12(14-15-13(17)18)16(3)11-8-6-5-7-10(11)2/h10-11H,4-9H2,1-3H3,(H,15,18). The summed E-state index contributed by atoms with van der Waals surface area (Å²) in [6.07, 6.45) is 6.37. The molecule has 18 heavy (non-hydrogen) atoms. The van der Waals surface area contributed by atoms with Crippen LogP contribution < -0.4 is 4.90 Å². The van der Waals surface area contributed by atoms with Gasteiger partial charge in [-0.15, -0.1) is 5.10 Å². The van der Waals surface area contributed by atoms with Crippen LogP contribution in [-0.4, -0.2) is 27.9 Å². The van der Waals surface area contributed by atoms with E-state index in [1.807, 2.05) is 0 Å². The summed E-state index contributed by atoms with van der Waals surface area (Å²) in [6, 6.07) is 0.597. The number of hydrogen-bond acceptors (Lipinski definition) is 3. The molecule has 1 aliphatic carbocycles. The Balaban J connectivity index is 2.22. The highest BCUT2D eigenvalue weighted by molar-refractivity contribution is 7.71. The highest BCUT2D eigenvalue weighted by Gasteiger charge is 2.27. The Morgan fingerprint density at radius 2 is 2.17 bits per heavy atom. The van der Waals surface area contributed by atoms with Gasteiger partial charge in [0.2, 0.25) is 5.95 Å². The number of hydrogen-bond donors (Lipinski definition) is 1. The second kappa shape index (κ2) is 5.87. The topological polar surface area (TPSA) is 36.9 Å². The average molecular weight is 268 g/mol. The van der Waals surface area contributed by atoms with Gasteiger partial charge in [0.25, 0.3) is 0 Å². The molecule has 0 saturated heterocycles. The summed E-state index contributed by atoms with van der Waals surface area (Å²) in [7, 11) is 2.16. The molecule has 0 aromatic carbocycles. The summed E-state index contributed by atoms with van der Waals surface area (Å²) in [5.74, 6) is 1.74. The van der Waals surface area contributed by atoms with Crippen LogP contribution in [0.5, 0.6) is 0 Å². The molecule has 1 saturated carbocycles. The predicted octanol–water partition coefficient (Wildman–Crippen LogP) is 3.37. The maximum atomic E-state index is 5.31. The molecule has 2 unspecified atom stereocenters. The van der Waals surface area contributed by atoms with E-state index >= 15 is 0 Å². The highest BCUT2D eigenvalue weighted by Crippen LogP contribution is 2.29. The fourth-order valence-electron chi connectivity index (χ4n) is 3.02. The van der Waals surface area contributed by atoms with Gasteiger partial charge in [0.15, 0.2) is 4.77 Å². The van der Waals surface area contributed by atoms with Crippen LogP contribution in [0.15, 0.2) is 0 Å². The van der Waals surface area contributed by atoms with E-state index in [1.165, 1.54) is 25.7 Å². The van der Waals surface area contributed by atoms with Crippen molar-refractivity contribution >= 4 is 18.2 Å². The van der Waals surface area contributed by atoms with Crippen molar-refractivity contribution in [3.63, 3.8) is 0 Å². The SMILES string of the molecule is CCCn1c(N(C)C2CCCCC2C)n[nH]c1=S. The smallest absolute Gasteiger partial charge is 0.225 e. The lowest BCUT2D eigenvalue weighted by Crippen LogP contribution is -2.40. The lowest BCUT2D eigenvalue weighted by atomic mass is 9.85. The van der Waals surface area contributed by atoms with Crippen molar-refractivity contribution < 1.29 is 0 Å². The Labute approximate surface area is 114 Å². The van der Waals surface area contributed by atoms with Gasteiger partial charge in [0.05, 0.1) is 0 Å². The summed E-state index contributed by atoms with van der Waals surface area (Å²) in [4.78, 5) is 2.33. The first-order chi connectivity index (χ1) is 8.65. The zero-order valence-electron chi connectivity index (χ0n) is 11.6. The van der Waals surface area contributed by atoms with Crippen molar-refractivity contribution in [3.05, 3.63) is 4.77 Å². The van der Waals surface area contributed by atoms with Crippen LogP contribution >= 0.6 is 12.2 Å². The van der Waals surface area contributed by atoms with Gasteiger partial charge in [-0.1, -0.05) is 26.7 Å². The third-order valence-corrected chi connectivity index (χ3v) is 4.38. The van der Waals surface area contributed by atoms with Crippen molar-refractivity contribution in [1.82, 2.24) is 14.8 Å². The van der Waals surface area contributed by atoms with E-state index in [0.717, 1.165) is 29.6 Å². The zero-order valence-corrected chi connectivity index (χ0v) is 12.5. The fourth-order valence-corrected chi connectivity index (χ4v) is 3.24. The molecule has 1 heterocycles. The van der Waals surface area contributed by atoms with Crippen molar-refractivity contribution in [1.29, 1.82) is 0 Å². The van der Waals surface area contributed by atoms with Crippen molar-refractivity contribution in [2.45, 2.75) is 58.5 Å². The minimum absolute atomic E-state index is 0.597. The number of nitrogens with one attached hydrogen (secondary N) is 1. The Hall–Kier alpha value is -0.840. The summed E-state index contributed by atoms with van der Waals surface area (Å²) >= 11 is 5.31. The summed E-state index contributed by atoms with van der Waals surface area (Å²) in [6.45, 7) is 5.46. The molecule has 1 aromatic rings. The summed E-state index contributed by atoms with van der Waals surface area (Å²) in [5.41, 5.74) is 0. The summed E-state index contributed by atoms with van der Waals surface area (Å²) < 4.78 is 2.86. The lowest BCUT2D eigenvalue weighted by molar-refractivity contribution is 0.317. The number of aromatic amines is 1. The minimum Gasteiger partial charge on any atom is -0.341 e. The zero-order chi connectivity index (χ0) is 13.1. The summed E-state index contributed by atoms with van der Waals surface area (Å²) in [5, 5.41) is 7.35. The molecule has 5 heteroatoms. The molecule has 102 valence electrons. The first-order valence-electron chi connectivity index (χ1n) is 7.03. The molecule has 1 N–H and O–H groups in total. The first kappa shape index (κ1) is 13.6. The molecule has 0 spiro atoms. The Morgan fingerprint density at radius 1 is 1.44 bits per heavy atom. The molecular formula is C13H24N4S. The predicted molar refractivity (Wildman–Crippen MR) is 77.5 cm³/mol. The minimum atomic E-state index is 0.597. The van der Waals surface area contributed by atoms with E-state index in [-0.39, 0.29) is 0 Å². The Bertz CT molecular complexity index is 436. The van der Waals surface area contributed by atoms with Crippen LogP contribution in [0.1, 0.15) is 46.0 Å². The maximum absolute atomic E-state index is 5.31. The lowest BCUT2D eigenvalue weighted by Gasteiger charge is -2.36. The van der Waals surface area contributed by atoms with Gasteiger partial charge in [-0.2, -0.15) is 0 Å². The van der Waals surface area contributed by atoms with Crippen LogP contribution in [0.4, 0.5) is 5.95 Å². The third-order valence-electron chi connectivity index (χ3n) is 4.06. The number of rotatable bonds is 4. The van der Waals surface area contributed by atoms with Gasteiger partial charge in [-0.3, -0.25) is 4.57 Å². The van der Waals surface area contributed by atoms with Crippen molar-refractivity contribution in [2.75, 3.05) is 11.9 Å². The monoisotopic (exact) mass is 268 g/mol. The van der Waals surface area contributed by atoms with Gasteiger partial charge < -0.3 is 4.90 Å². The molecule has 0 amide bonds. The Kier molecular flexibility index (Phi) is 4.43. The van der Waals surface area contributed by atoms with Crippen LogP contribution in [0.2, 0.25) is 0 Å². The van der Waals surface area contributed by atoms with Crippen LogP contribution in [0, 0.1) is 10.7 Å². The normalized spacial score (nSPS) is 24.2. The fraction of sp³-hybridized carbons (Fsp3) is 0.846. The van der Waals surface area contributed by atoms with E-state index in [2.05, 4.69) is 40.6 Å². The van der Waals surface area contributed by atoms with E-state index in [0.29, 0.717) is 6.04 Å². The number of anilines is 1. The Morgan fingerprint density at radius 3 is 2.83 bits per heavy atom. The molecule has 0 aliphatic heterocycles. The molecule has 2 atom stereocenters. The van der Waals surface area contributed by atoms with Crippen LogP contribution in [-0.2, 0) is 6.54 Å². The highest BCUT2D eigenvalue weighted by atomic mass is 32.1. The second-order valence-electron chi connectivity index (χ2n) is 5.42. The van der Waals surface area contributed by atoms with Gasteiger partial charge in [0.1, 0.15) is 0 Å². The largest absolute Gasteiger partial charge is 0.341 e. The molecule has 4 nitrogen and oxygen atoms in total. The van der Waals surface area contributed by atoms with Gasteiger partial charge >= 0.3 is 0 Å². The van der Waals surface area contributed by atoms with Crippen LogP contribution in [0.3, 0.4) is 0 Å². The molecular weight excluding hydrogens is 244 g/mol. The van der Waals surface area contributed by atoms with Crippen molar-refractivity contribution in [3.8, 4) is 0 Å². The third kappa shape index (κ3) is 2.60. The van der Waals surface area contributed by atoms with Gasteiger partial charge in [-0.05, 0) is 37.4 Å². The van der Waals surface area contributed by atoms with E-state index < -0.39 is 0 Å². The molecule has 1 fully saturated rings. The van der Waals surface area contributed by atoms with E-state index in [1.54, 1.807) is 0 Å². The average Bonchev–Trinajstić information content (AvgIpc) is 2.72. The molecule has 0 radical (unpaired) electrons. The molecule has 0 bridgehead atoms. The second-order valence-corrected chi connectivity index (χ2v) is 5.81. The quantitative estimate of drug-likeness (QED) is 0.851. The molecule has 1 aliphatic rings. The van der Waals surface area contributed by atoms with Crippen molar-refractivity contribution in [2.24, 2.45) is 5.92 Å². The molecule has 1 aromatic heterocycles. The van der Waals surface area contributed by atoms with Gasteiger partial charge in [-0.25, -0.2) is 5.10 Å². The molecule has 2 rings (SSSR count). The first-order valence-corrected chi connectivity index (χ1v) is 7.44. The van der Waals surface area contributed by atoms with E-state index in [9.17, 15) is 0 Å². The number of aromatic nitrogens is 3. The van der Waals surface area contributed by atoms with E-state index in [4.69, 9.17) is 12.2 Å². The van der Waals surface area contributed by atoms with Gasteiger partial charge in [0, 0.05) is 19.6 Å². The number of H-pyrrole nitrogens is 1.